The Hall–Kier alpha value is -1.26. The van der Waals surface area contributed by atoms with E-state index in [1.165, 1.54) is 0 Å². The van der Waals surface area contributed by atoms with E-state index in [0.29, 0.717) is 0 Å². The van der Waals surface area contributed by atoms with Gasteiger partial charge in [-0.15, -0.1) is 24.0 Å². The Morgan fingerprint density at radius 1 is 1.03 bits per heavy atom. The lowest BCUT2D eigenvalue weighted by Crippen LogP contribution is -2.53. The zero-order valence-electron chi connectivity index (χ0n) is 18.7. The Labute approximate surface area is 208 Å². The van der Waals surface area contributed by atoms with E-state index in [1.54, 1.807) is 6.92 Å². The van der Waals surface area contributed by atoms with Gasteiger partial charge < -0.3 is 20.0 Å². The van der Waals surface area contributed by atoms with E-state index < -0.39 is 0 Å². The summed E-state index contributed by atoms with van der Waals surface area (Å²) in [7, 11) is 0. The maximum Gasteiger partial charge on any atom is 0.219 e. The van der Waals surface area contributed by atoms with E-state index in [2.05, 4.69) is 33.0 Å². The molecule has 0 radical (unpaired) electrons. The van der Waals surface area contributed by atoms with Crippen LogP contribution in [0.2, 0.25) is 5.02 Å². The van der Waals surface area contributed by atoms with Crippen molar-refractivity contribution < 1.29 is 4.79 Å². The van der Waals surface area contributed by atoms with Crippen LogP contribution < -0.4 is 10.2 Å². The molecule has 1 amide bonds. The van der Waals surface area contributed by atoms with Gasteiger partial charge in [0.25, 0.3) is 0 Å². The van der Waals surface area contributed by atoms with Crippen LogP contribution in [0.3, 0.4) is 0 Å². The minimum Gasteiger partial charge on any atom is -0.368 e. The Morgan fingerprint density at radius 2 is 1.68 bits per heavy atom. The lowest BCUT2D eigenvalue weighted by atomic mass is 10.2. The fourth-order valence-electron chi connectivity index (χ4n) is 4.06. The summed E-state index contributed by atoms with van der Waals surface area (Å²) >= 11 is 6.34. The van der Waals surface area contributed by atoms with E-state index in [1.807, 2.05) is 23.1 Å². The summed E-state index contributed by atoms with van der Waals surface area (Å²) < 4.78 is 0. The molecule has 7 nitrogen and oxygen atoms in total. The van der Waals surface area contributed by atoms with E-state index >= 15 is 0 Å². The van der Waals surface area contributed by atoms with Crippen molar-refractivity contribution in [1.82, 2.24) is 20.0 Å². The molecule has 1 N–H and O–H groups in total. The van der Waals surface area contributed by atoms with Crippen molar-refractivity contribution in [3.05, 3.63) is 29.3 Å². The minimum absolute atomic E-state index is 0. The summed E-state index contributed by atoms with van der Waals surface area (Å²) in [5.74, 6) is 1.13. The van der Waals surface area contributed by atoms with E-state index in [4.69, 9.17) is 16.6 Å². The van der Waals surface area contributed by atoms with E-state index in [-0.39, 0.29) is 29.9 Å². The number of carbonyl (C=O) groups is 1. The molecule has 2 aliphatic heterocycles. The van der Waals surface area contributed by atoms with Crippen LogP contribution in [0.1, 0.15) is 20.3 Å². The maximum absolute atomic E-state index is 11.5. The first-order valence-electron chi connectivity index (χ1n) is 11.1. The Kier molecular flexibility index (Phi) is 11.2. The number of hydrogen-bond donors (Lipinski definition) is 1. The van der Waals surface area contributed by atoms with Crippen molar-refractivity contribution in [3.8, 4) is 0 Å². The first-order valence-corrected chi connectivity index (χ1v) is 11.5. The standard InChI is InChI=1S/C22H35ClN6O.HI/c1-3-24-22(29-17-15-27(16-18-29)19(2)30)25-9-6-10-26-11-13-28(14-12-26)21-8-5-4-7-20(21)23;/h4-5,7-8H,3,6,9-18H2,1-2H3,(H,24,25);1H. The first kappa shape index (κ1) is 26.0. The number of hydrogen-bond acceptors (Lipinski definition) is 4. The first-order chi connectivity index (χ1) is 14.6. The van der Waals surface area contributed by atoms with Crippen LogP contribution in [0.25, 0.3) is 0 Å². The summed E-state index contributed by atoms with van der Waals surface area (Å²) in [5.41, 5.74) is 1.14. The number of rotatable bonds is 6. The molecule has 0 saturated carbocycles. The molecule has 0 aromatic heterocycles. The van der Waals surface area contributed by atoms with Crippen LogP contribution in [0.5, 0.6) is 0 Å². The number of amides is 1. The highest BCUT2D eigenvalue weighted by atomic mass is 127. The molecule has 2 fully saturated rings. The zero-order chi connectivity index (χ0) is 21.3. The molecule has 2 aliphatic rings. The molecule has 9 heteroatoms. The molecule has 2 saturated heterocycles. The summed E-state index contributed by atoms with van der Waals surface area (Å²) in [6, 6.07) is 8.09. The van der Waals surface area contributed by atoms with Crippen molar-refractivity contribution in [1.29, 1.82) is 0 Å². The largest absolute Gasteiger partial charge is 0.368 e. The van der Waals surface area contributed by atoms with Crippen LogP contribution in [0, 0.1) is 0 Å². The summed E-state index contributed by atoms with van der Waals surface area (Å²) in [6.45, 7) is 13.8. The summed E-state index contributed by atoms with van der Waals surface area (Å²) in [5, 5.41) is 4.24. The maximum atomic E-state index is 11.5. The number of anilines is 1. The summed E-state index contributed by atoms with van der Waals surface area (Å²) in [4.78, 5) is 25.4. The second-order valence-electron chi connectivity index (χ2n) is 7.86. The smallest absolute Gasteiger partial charge is 0.219 e. The van der Waals surface area contributed by atoms with Gasteiger partial charge in [-0.3, -0.25) is 14.7 Å². The molecule has 0 unspecified atom stereocenters. The molecular weight excluding hydrogens is 527 g/mol. The highest BCUT2D eigenvalue weighted by molar-refractivity contribution is 14.0. The van der Waals surface area contributed by atoms with Gasteiger partial charge in [-0.05, 0) is 25.5 Å². The van der Waals surface area contributed by atoms with Gasteiger partial charge in [0.2, 0.25) is 5.91 Å². The van der Waals surface area contributed by atoms with Gasteiger partial charge in [0.1, 0.15) is 0 Å². The molecule has 2 heterocycles. The van der Waals surface area contributed by atoms with Gasteiger partial charge in [-0.1, -0.05) is 23.7 Å². The monoisotopic (exact) mass is 562 g/mol. The van der Waals surface area contributed by atoms with Crippen molar-refractivity contribution in [3.63, 3.8) is 0 Å². The number of nitrogens with zero attached hydrogens (tertiary/aromatic N) is 5. The molecular formula is C22H36ClIN6O. The SMILES string of the molecule is CCNC(=NCCCN1CCN(c2ccccc2Cl)CC1)N1CCN(C(C)=O)CC1.I. The lowest BCUT2D eigenvalue weighted by molar-refractivity contribution is -0.130. The molecule has 0 aliphatic carbocycles. The molecule has 0 bridgehead atoms. The van der Waals surface area contributed by atoms with Crippen LogP contribution >= 0.6 is 35.6 Å². The minimum atomic E-state index is 0. The fourth-order valence-corrected chi connectivity index (χ4v) is 4.31. The average Bonchev–Trinajstić information content (AvgIpc) is 2.77. The number of piperazine rings is 2. The molecule has 0 atom stereocenters. The summed E-state index contributed by atoms with van der Waals surface area (Å²) in [6.07, 6.45) is 1.05. The number of guanidine groups is 1. The van der Waals surface area contributed by atoms with Gasteiger partial charge in [0.05, 0.1) is 10.7 Å². The van der Waals surface area contributed by atoms with Crippen LogP contribution in [0.4, 0.5) is 5.69 Å². The van der Waals surface area contributed by atoms with Crippen LogP contribution in [0.15, 0.2) is 29.3 Å². The highest BCUT2D eigenvalue weighted by Crippen LogP contribution is 2.25. The highest BCUT2D eigenvalue weighted by Gasteiger charge is 2.21. The van der Waals surface area contributed by atoms with E-state index in [0.717, 1.165) is 95.1 Å². The molecule has 3 rings (SSSR count). The van der Waals surface area contributed by atoms with Crippen LogP contribution in [-0.2, 0) is 4.79 Å². The van der Waals surface area contributed by atoms with Crippen molar-refractivity contribution >= 4 is 53.1 Å². The molecule has 1 aromatic carbocycles. The van der Waals surface area contributed by atoms with E-state index in [9.17, 15) is 4.79 Å². The number of para-hydroxylation sites is 1. The normalized spacial score (nSPS) is 18.0. The number of benzene rings is 1. The predicted octanol–water partition coefficient (Wildman–Crippen LogP) is 2.60. The molecule has 31 heavy (non-hydrogen) atoms. The Balaban J connectivity index is 0.00000341. The molecule has 1 aromatic rings. The Bertz CT molecular complexity index is 718. The van der Waals surface area contributed by atoms with Gasteiger partial charge in [-0.2, -0.15) is 0 Å². The topological polar surface area (TPSA) is 54.4 Å². The molecule has 174 valence electrons. The number of carbonyl (C=O) groups excluding carboxylic acids is 1. The zero-order valence-corrected chi connectivity index (χ0v) is 21.8. The predicted molar refractivity (Wildman–Crippen MR) is 140 cm³/mol. The van der Waals surface area contributed by atoms with Gasteiger partial charge in [-0.25, -0.2) is 0 Å². The quantitative estimate of drug-likeness (QED) is 0.250. The van der Waals surface area contributed by atoms with Crippen LogP contribution in [-0.4, -0.2) is 98.6 Å². The van der Waals surface area contributed by atoms with Crippen molar-refractivity contribution in [2.24, 2.45) is 4.99 Å². The van der Waals surface area contributed by atoms with Gasteiger partial charge >= 0.3 is 0 Å². The van der Waals surface area contributed by atoms with Crippen molar-refractivity contribution in [2.45, 2.75) is 20.3 Å². The fraction of sp³-hybridized carbons (Fsp3) is 0.636. The average molecular weight is 563 g/mol. The number of halogens is 2. The lowest BCUT2D eigenvalue weighted by Gasteiger charge is -2.36. The Morgan fingerprint density at radius 3 is 2.29 bits per heavy atom. The third-order valence-corrected chi connectivity index (χ3v) is 6.14. The molecule has 0 spiro atoms. The number of aliphatic imine (C=N–C) groups is 1. The van der Waals surface area contributed by atoms with Gasteiger partial charge in [0.15, 0.2) is 5.96 Å². The van der Waals surface area contributed by atoms with Crippen molar-refractivity contribution in [2.75, 3.05) is 76.9 Å². The second-order valence-corrected chi connectivity index (χ2v) is 8.27. The third kappa shape index (κ3) is 7.68. The number of nitrogens with one attached hydrogen (secondary N) is 1. The third-order valence-electron chi connectivity index (χ3n) is 5.82. The second kappa shape index (κ2) is 13.3. The van der Waals surface area contributed by atoms with Gasteiger partial charge in [0, 0.05) is 78.9 Å².